The second kappa shape index (κ2) is 7.97. The molecule has 26 heavy (non-hydrogen) atoms. The SMILES string of the molecule is COc1ccccc1C(NC(=O)/C=C/c1csc(C)n1)c1nccn1C. The average Bonchev–Trinajstić information content (AvgIpc) is 3.26. The molecule has 7 heteroatoms. The third kappa shape index (κ3) is 4.00. The summed E-state index contributed by atoms with van der Waals surface area (Å²) in [6.07, 6.45) is 6.74. The largest absolute Gasteiger partial charge is 0.496 e. The zero-order chi connectivity index (χ0) is 18.5. The van der Waals surface area contributed by atoms with Crippen molar-refractivity contribution in [1.29, 1.82) is 0 Å². The Balaban J connectivity index is 1.88. The number of hydrogen-bond acceptors (Lipinski definition) is 5. The summed E-state index contributed by atoms with van der Waals surface area (Å²) >= 11 is 1.55. The summed E-state index contributed by atoms with van der Waals surface area (Å²) in [6, 6.07) is 7.16. The molecule has 2 aromatic heterocycles. The molecule has 3 aromatic rings. The number of carbonyl (C=O) groups excluding carboxylic acids is 1. The number of nitrogens with zero attached hydrogens (tertiary/aromatic N) is 3. The van der Waals surface area contributed by atoms with Crippen LogP contribution in [0.3, 0.4) is 0 Å². The minimum absolute atomic E-state index is 0.227. The first-order chi connectivity index (χ1) is 12.6. The first-order valence-corrected chi connectivity index (χ1v) is 8.97. The molecule has 1 aromatic carbocycles. The zero-order valence-electron chi connectivity index (χ0n) is 14.8. The summed E-state index contributed by atoms with van der Waals surface area (Å²) in [6.45, 7) is 1.93. The van der Waals surface area contributed by atoms with Gasteiger partial charge in [-0.2, -0.15) is 0 Å². The Kier molecular flexibility index (Phi) is 5.48. The highest BCUT2D eigenvalue weighted by Crippen LogP contribution is 2.29. The Labute approximate surface area is 156 Å². The number of aryl methyl sites for hydroxylation is 2. The van der Waals surface area contributed by atoms with E-state index < -0.39 is 6.04 Å². The molecule has 0 aliphatic rings. The monoisotopic (exact) mass is 368 g/mol. The van der Waals surface area contributed by atoms with Gasteiger partial charge in [-0.25, -0.2) is 9.97 Å². The molecule has 0 saturated carbocycles. The van der Waals surface area contributed by atoms with Crippen LogP contribution in [0, 0.1) is 6.92 Å². The molecule has 0 aliphatic carbocycles. The summed E-state index contributed by atoms with van der Waals surface area (Å²) < 4.78 is 7.34. The van der Waals surface area contributed by atoms with Crippen LogP contribution in [0.5, 0.6) is 5.75 Å². The lowest BCUT2D eigenvalue weighted by molar-refractivity contribution is -0.117. The number of rotatable bonds is 6. The third-order valence-corrected chi connectivity index (χ3v) is 4.69. The average molecular weight is 368 g/mol. The van der Waals surface area contributed by atoms with Gasteiger partial charge in [0, 0.05) is 36.5 Å². The zero-order valence-corrected chi connectivity index (χ0v) is 15.7. The molecule has 134 valence electrons. The molecule has 1 amide bonds. The van der Waals surface area contributed by atoms with Gasteiger partial charge in [0.05, 0.1) is 17.8 Å². The normalized spacial score (nSPS) is 12.3. The summed E-state index contributed by atoms with van der Waals surface area (Å²) in [5.41, 5.74) is 1.61. The Morgan fingerprint density at radius 1 is 1.38 bits per heavy atom. The van der Waals surface area contributed by atoms with E-state index in [4.69, 9.17) is 4.74 Å². The quantitative estimate of drug-likeness (QED) is 0.679. The Hall–Kier alpha value is -2.93. The maximum absolute atomic E-state index is 12.5. The van der Waals surface area contributed by atoms with Gasteiger partial charge in [-0.1, -0.05) is 18.2 Å². The van der Waals surface area contributed by atoms with E-state index in [2.05, 4.69) is 15.3 Å². The predicted molar refractivity (Wildman–Crippen MR) is 102 cm³/mol. The van der Waals surface area contributed by atoms with Crippen LogP contribution in [0.1, 0.15) is 28.1 Å². The predicted octanol–water partition coefficient (Wildman–Crippen LogP) is 3.11. The van der Waals surface area contributed by atoms with Crippen molar-refractivity contribution < 1.29 is 9.53 Å². The summed E-state index contributed by atoms with van der Waals surface area (Å²) in [5, 5.41) is 5.89. The molecule has 6 nitrogen and oxygen atoms in total. The molecular weight excluding hydrogens is 348 g/mol. The van der Waals surface area contributed by atoms with Crippen molar-refractivity contribution in [2.24, 2.45) is 7.05 Å². The summed E-state index contributed by atoms with van der Waals surface area (Å²) in [4.78, 5) is 21.2. The van der Waals surface area contributed by atoms with E-state index in [1.807, 2.05) is 54.4 Å². The number of amides is 1. The van der Waals surface area contributed by atoms with Gasteiger partial charge in [0.25, 0.3) is 0 Å². The maximum atomic E-state index is 12.5. The van der Waals surface area contributed by atoms with E-state index in [1.165, 1.54) is 6.08 Å². The molecule has 1 N–H and O–H groups in total. The number of nitrogens with one attached hydrogen (secondary N) is 1. The Bertz CT molecular complexity index is 929. The van der Waals surface area contributed by atoms with Crippen molar-refractivity contribution in [3.8, 4) is 5.75 Å². The van der Waals surface area contributed by atoms with Crippen molar-refractivity contribution >= 4 is 23.3 Å². The van der Waals surface area contributed by atoms with Crippen LogP contribution in [0.15, 0.2) is 48.1 Å². The first-order valence-electron chi connectivity index (χ1n) is 8.09. The summed E-state index contributed by atoms with van der Waals surface area (Å²) in [7, 11) is 3.51. The molecule has 0 spiro atoms. The van der Waals surface area contributed by atoms with Gasteiger partial charge >= 0.3 is 0 Å². The topological polar surface area (TPSA) is 69.0 Å². The second-order valence-electron chi connectivity index (χ2n) is 5.70. The van der Waals surface area contributed by atoms with Crippen LogP contribution >= 0.6 is 11.3 Å². The molecular formula is C19H20N4O2S. The van der Waals surface area contributed by atoms with Gasteiger partial charge in [-0.15, -0.1) is 11.3 Å². The third-order valence-electron chi connectivity index (χ3n) is 3.90. The standard InChI is InChI=1S/C19H20N4O2S/c1-13-21-14(12-26-13)8-9-17(24)22-18(19-20-10-11-23(19)2)15-6-4-5-7-16(15)25-3/h4-12,18H,1-3H3,(H,22,24)/b9-8+. The highest BCUT2D eigenvalue weighted by molar-refractivity contribution is 7.09. The number of aromatic nitrogens is 3. The highest BCUT2D eigenvalue weighted by Gasteiger charge is 2.23. The van der Waals surface area contributed by atoms with Crippen LogP contribution in [0.4, 0.5) is 0 Å². The van der Waals surface area contributed by atoms with Crippen LogP contribution in [-0.2, 0) is 11.8 Å². The Morgan fingerprint density at radius 3 is 2.85 bits per heavy atom. The lowest BCUT2D eigenvalue weighted by Crippen LogP contribution is -2.30. The van der Waals surface area contributed by atoms with Gasteiger partial charge in [0.15, 0.2) is 0 Å². The fraction of sp³-hybridized carbons (Fsp3) is 0.211. The molecule has 3 rings (SSSR count). The van der Waals surface area contributed by atoms with E-state index in [9.17, 15) is 4.79 Å². The van der Waals surface area contributed by atoms with Gasteiger partial charge in [-0.3, -0.25) is 4.79 Å². The van der Waals surface area contributed by atoms with Gasteiger partial charge < -0.3 is 14.6 Å². The van der Waals surface area contributed by atoms with E-state index in [-0.39, 0.29) is 5.91 Å². The fourth-order valence-corrected chi connectivity index (χ4v) is 3.23. The molecule has 0 fully saturated rings. The highest BCUT2D eigenvalue weighted by atomic mass is 32.1. The number of methoxy groups -OCH3 is 1. The molecule has 0 radical (unpaired) electrons. The number of imidazole rings is 1. The van der Waals surface area contributed by atoms with E-state index >= 15 is 0 Å². The molecule has 0 bridgehead atoms. The van der Waals surface area contributed by atoms with Crippen molar-refractivity contribution in [1.82, 2.24) is 19.9 Å². The number of hydrogen-bond donors (Lipinski definition) is 1. The number of benzene rings is 1. The van der Waals surface area contributed by atoms with Crippen LogP contribution in [-0.4, -0.2) is 27.6 Å². The van der Waals surface area contributed by atoms with Crippen LogP contribution in [0.25, 0.3) is 6.08 Å². The minimum Gasteiger partial charge on any atom is -0.496 e. The van der Waals surface area contributed by atoms with Crippen LogP contribution < -0.4 is 10.1 Å². The molecule has 1 atom stereocenters. The Morgan fingerprint density at radius 2 is 2.19 bits per heavy atom. The van der Waals surface area contributed by atoms with Crippen molar-refractivity contribution in [3.63, 3.8) is 0 Å². The van der Waals surface area contributed by atoms with Crippen LogP contribution in [0.2, 0.25) is 0 Å². The van der Waals surface area contributed by atoms with Crippen molar-refractivity contribution in [3.05, 3.63) is 70.2 Å². The van der Waals surface area contributed by atoms with E-state index in [0.717, 1.165) is 22.1 Å². The first kappa shape index (κ1) is 17.9. The van der Waals surface area contributed by atoms with Crippen molar-refractivity contribution in [2.75, 3.05) is 7.11 Å². The number of thiazole rings is 1. The van der Waals surface area contributed by atoms with E-state index in [0.29, 0.717) is 5.75 Å². The molecule has 1 unspecified atom stereocenters. The van der Waals surface area contributed by atoms with Crippen molar-refractivity contribution in [2.45, 2.75) is 13.0 Å². The number of carbonyl (C=O) groups is 1. The smallest absolute Gasteiger partial charge is 0.244 e. The van der Waals surface area contributed by atoms with Gasteiger partial charge in [0.2, 0.25) is 5.91 Å². The lowest BCUT2D eigenvalue weighted by Gasteiger charge is -2.20. The molecule has 2 heterocycles. The lowest BCUT2D eigenvalue weighted by atomic mass is 10.0. The van der Waals surface area contributed by atoms with Gasteiger partial charge in [-0.05, 0) is 19.1 Å². The second-order valence-corrected chi connectivity index (χ2v) is 6.77. The fourth-order valence-electron chi connectivity index (χ4n) is 2.65. The number of ether oxygens (including phenoxy) is 1. The minimum atomic E-state index is -0.430. The molecule has 0 aliphatic heterocycles. The maximum Gasteiger partial charge on any atom is 0.244 e. The van der Waals surface area contributed by atoms with Gasteiger partial charge in [0.1, 0.15) is 17.6 Å². The summed E-state index contributed by atoms with van der Waals surface area (Å²) in [5.74, 6) is 1.19. The molecule has 0 saturated heterocycles. The van der Waals surface area contributed by atoms with E-state index in [1.54, 1.807) is 30.7 Å². The number of para-hydroxylation sites is 1.